The maximum Gasteiger partial charge on any atom is 0.0438 e. The summed E-state index contributed by atoms with van der Waals surface area (Å²) in [7, 11) is 0. The highest BCUT2D eigenvalue weighted by molar-refractivity contribution is 6.31. The molecule has 0 heterocycles. The lowest BCUT2D eigenvalue weighted by atomic mass is 9.88. The van der Waals surface area contributed by atoms with Gasteiger partial charge in [-0.05, 0) is 43.0 Å². The van der Waals surface area contributed by atoms with E-state index in [0.29, 0.717) is 6.04 Å². The van der Waals surface area contributed by atoms with Gasteiger partial charge in [-0.15, -0.1) is 0 Å². The van der Waals surface area contributed by atoms with Gasteiger partial charge >= 0.3 is 0 Å². The van der Waals surface area contributed by atoms with Crippen molar-refractivity contribution in [3.05, 3.63) is 34.3 Å². The van der Waals surface area contributed by atoms with Crippen molar-refractivity contribution in [3.8, 4) is 0 Å². The quantitative estimate of drug-likeness (QED) is 0.597. The molecule has 0 radical (unpaired) electrons. The third-order valence-corrected chi connectivity index (χ3v) is 4.66. The summed E-state index contributed by atoms with van der Waals surface area (Å²) in [6.07, 6.45) is 6.45. The first kappa shape index (κ1) is 17.5. The highest BCUT2D eigenvalue weighted by Crippen LogP contribution is 2.31. The van der Waals surface area contributed by atoms with E-state index in [4.69, 9.17) is 11.6 Å². The average molecular weight is 296 g/mol. The fourth-order valence-electron chi connectivity index (χ4n) is 2.88. The van der Waals surface area contributed by atoms with Gasteiger partial charge in [-0.2, -0.15) is 0 Å². The van der Waals surface area contributed by atoms with Crippen LogP contribution in [0.3, 0.4) is 0 Å². The highest BCUT2D eigenvalue weighted by atomic mass is 35.5. The summed E-state index contributed by atoms with van der Waals surface area (Å²) in [5.74, 6) is 0.803. The zero-order valence-electron chi connectivity index (χ0n) is 13.5. The van der Waals surface area contributed by atoms with Crippen molar-refractivity contribution in [2.24, 2.45) is 5.92 Å². The van der Waals surface area contributed by atoms with Crippen LogP contribution in [0.4, 0.5) is 0 Å². The Hall–Kier alpha value is -0.530. The first-order valence-electron chi connectivity index (χ1n) is 8.12. The minimum absolute atomic E-state index is 0.431. The van der Waals surface area contributed by atoms with Gasteiger partial charge in [0.05, 0.1) is 0 Å². The van der Waals surface area contributed by atoms with E-state index in [2.05, 4.69) is 45.1 Å². The lowest BCUT2D eigenvalue weighted by Gasteiger charge is -2.25. The third kappa shape index (κ3) is 5.10. The molecule has 0 fully saturated rings. The van der Waals surface area contributed by atoms with Crippen LogP contribution in [-0.2, 0) is 0 Å². The second kappa shape index (κ2) is 9.41. The number of unbranched alkanes of at least 4 members (excludes halogenated alkanes) is 1. The first-order chi connectivity index (χ1) is 9.63. The van der Waals surface area contributed by atoms with E-state index in [1.54, 1.807) is 0 Å². The van der Waals surface area contributed by atoms with Gasteiger partial charge in [-0.1, -0.05) is 70.2 Å². The van der Waals surface area contributed by atoms with Crippen molar-refractivity contribution in [2.45, 2.75) is 65.8 Å². The van der Waals surface area contributed by atoms with Crippen molar-refractivity contribution < 1.29 is 0 Å². The van der Waals surface area contributed by atoms with Crippen LogP contribution in [0.1, 0.15) is 70.0 Å². The SMILES string of the molecule is CCCCC(CC)CC(NCC)c1cccc(Cl)c1C. The Balaban J connectivity index is 2.84. The molecule has 0 saturated heterocycles. The van der Waals surface area contributed by atoms with Crippen molar-refractivity contribution in [3.63, 3.8) is 0 Å². The monoisotopic (exact) mass is 295 g/mol. The molecule has 2 unspecified atom stereocenters. The Morgan fingerprint density at radius 1 is 1.20 bits per heavy atom. The summed E-state index contributed by atoms with van der Waals surface area (Å²) in [5, 5.41) is 4.53. The Bertz CT molecular complexity index is 389. The van der Waals surface area contributed by atoms with E-state index in [-0.39, 0.29) is 0 Å². The minimum atomic E-state index is 0.431. The summed E-state index contributed by atoms with van der Waals surface area (Å²) in [4.78, 5) is 0. The van der Waals surface area contributed by atoms with Crippen LogP contribution < -0.4 is 5.32 Å². The normalized spacial score (nSPS) is 14.2. The van der Waals surface area contributed by atoms with Gasteiger partial charge < -0.3 is 5.32 Å². The molecule has 114 valence electrons. The van der Waals surface area contributed by atoms with Gasteiger partial charge in [0.25, 0.3) is 0 Å². The van der Waals surface area contributed by atoms with E-state index in [9.17, 15) is 0 Å². The molecule has 0 aliphatic heterocycles. The molecule has 0 spiro atoms. The van der Waals surface area contributed by atoms with Crippen LogP contribution >= 0.6 is 11.6 Å². The molecular formula is C18H30ClN. The van der Waals surface area contributed by atoms with E-state index < -0.39 is 0 Å². The van der Waals surface area contributed by atoms with Crippen molar-refractivity contribution in [1.82, 2.24) is 5.32 Å². The summed E-state index contributed by atoms with van der Waals surface area (Å²) in [6, 6.07) is 6.71. The number of hydrogen-bond donors (Lipinski definition) is 1. The zero-order chi connectivity index (χ0) is 15.0. The van der Waals surface area contributed by atoms with Gasteiger partial charge in [-0.25, -0.2) is 0 Å². The number of rotatable bonds is 9. The van der Waals surface area contributed by atoms with Crippen LogP contribution in [0.2, 0.25) is 5.02 Å². The second-order valence-corrected chi connectivity index (χ2v) is 6.12. The van der Waals surface area contributed by atoms with Crippen LogP contribution in [-0.4, -0.2) is 6.54 Å². The smallest absolute Gasteiger partial charge is 0.0438 e. The number of hydrogen-bond acceptors (Lipinski definition) is 1. The van der Waals surface area contributed by atoms with Crippen LogP contribution in [0.15, 0.2) is 18.2 Å². The predicted molar refractivity (Wildman–Crippen MR) is 90.5 cm³/mol. The molecular weight excluding hydrogens is 266 g/mol. The Morgan fingerprint density at radius 3 is 2.55 bits per heavy atom. The predicted octanol–water partition coefficient (Wildman–Crippen LogP) is 5.91. The average Bonchev–Trinajstić information content (AvgIpc) is 2.45. The molecule has 0 amide bonds. The van der Waals surface area contributed by atoms with Gasteiger partial charge in [-0.3, -0.25) is 0 Å². The molecule has 0 saturated carbocycles. The fraction of sp³-hybridized carbons (Fsp3) is 0.667. The molecule has 0 aliphatic carbocycles. The lowest BCUT2D eigenvalue weighted by Crippen LogP contribution is -2.24. The zero-order valence-corrected chi connectivity index (χ0v) is 14.3. The highest BCUT2D eigenvalue weighted by Gasteiger charge is 2.18. The van der Waals surface area contributed by atoms with Crippen molar-refractivity contribution in [2.75, 3.05) is 6.54 Å². The minimum Gasteiger partial charge on any atom is -0.310 e. The largest absolute Gasteiger partial charge is 0.310 e. The summed E-state index contributed by atoms with van der Waals surface area (Å²) < 4.78 is 0. The maximum atomic E-state index is 6.28. The summed E-state index contributed by atoms with van der Waals surface area (Å²) >= 11 is 6.28. The second-order valence-electron chi connectivity index (χ2n) is 5.72. The molecule has 1 N–H and O–H groups in total. The van der Waals surface area contributed by atoms with E-state index in [1.807, 2.05) is 6.07 Å². The van der Waals surface area contributed by atoms with E-state index >= 15 is 0 Å². The number of nitrogens with one attached hydrogen (secondary N) is 1. The lowest BCUT2D eigenvalue weighted by molar-refractivity contribution is 0.356. The molecule has 0 aromatic heterocycles. The molecule has 20 heavy (non-hydrogen) atoms. The topological polar surface area (TPSA) is 12.0 Å². The van der Waals surface area contributed by atoms with Crippen LogP contribution in [0.5, 0.6) is 0 Å². The Morgan fingerprint density at radius 2 is 1.95 bits per heavy atom. The maximum absolute atomic E-state index is 6.28. The van der Waals surface area contributed by atoms with Crippen LogP contribution in [0, 0.1) is 12.8 Å². The number of benzene rings is 1. The van der Waals surface area contributed by atoms with Gasteiger partial charge in [0.15, 0.2) is 0 Å². The molecule has 1 nitrogen and oxygen atoms in total. The molecule has 1 aromatic rings. The summed E-state index contributed by atoms with van der Waals surface area (Å²) in [5.41, 5.74) is 2.60. The molecule has 0 aliphatic rings. The molecule has 1 rings (SSSR count). The first-order valence-corrected chi connectivity index (χ1v) is 8.50. The Kier molecular flexibility index (Phi) is 8.25. The standard InChI is InChI=1S/C18H30ClN/c1-5-8-10-15(6-2)13-18(20-7-3)16-11-9-12-17(19)14(16)4/h9,11-12,15,18,20H,5-8,10,13H2,1-4H3. The van der Waals surface area contributed by atoms with Crippen LogP contribution in [0.25, 0.3) is 0 Å². The summed E-state index contributed by atoms with van der Waals surface area (Å²) in [6.45, 7) is 9.90. The van der Waals surface area contributed by atoms with Gasteiger partial charge in [0.2, 0.25) is 0 Å². The van der Waals surface area contributed by atoms with Crippen molar-refractivity contribution in [1.29, 1.82) is 0 Å². The number of halogens is 1. The van der Waals surface area contributed by atoms with E-state index in [1.165, 1.54) is 43.2 Å². The van der Waals surface area contributed by atoms with Gasteiger partial charge in [0, 0.05) is 11.1 Å². The van der Waals surface area contributed by atoms with Gasteiger partial charge in [0.1, 0.15) is 0 Å². The van der Waals surface area contributed by atoms with E-state index in [0.717, 1.165) is 17.5 Å². The molecule has 2 heteroatoms. The molecule has 1 aromatic carbocycles. The third-order valence-electron chi connectivity index (χ3n) is 4.25. The fourth-order valence-corrected chi connectivity index (χ4v) is 3.06. The molecule has 2 atom stereocenters. The van der Waals surface area contributed by atoms with Crippen molar-refractivity contribution >= 4 is 11.6 Å². The Labute approximate surface area is 130 Å². The molecule has 0 bridgehead atoms.